The molecule has 1 aliphatic rings. The molecule has 1 amide bonds. The quantitative estimate of drug-likeness (QED) is 0.822. The Morgan fingerprint density at radius 1 is 1.35 bits per heavy atom. The Kier molecular flexibility index (Phi) is 5.89. The van der Waals surface area contributed by atoms with Crippen molar-refractivity contribution < 1.29 is 9.18 Å². The smallest absolute Gasteiger partial charge is 0.232 e. The van der Waals surface area contributed by atoms with Crippen molar-refractivity contribution in [2.24, 2.45) is 0 Å². The molecule has 1 saturated heterocycles. The van der Waals surface area contributed by atoms with Crippen LogP contribution in [0.4, 0.5) is 4.39 Å². The second-order valence-electron chi connectivity index (χ2n) is 5.26. The largest absolute Gasteiger partial charge is 0.339 e. The molecular formula is C16H22FNOS. The van der Waals surface area contributed by atoms with Crippen LogP contribution in [0.25, 0.3) is 0 Å². The second kappa shape index (κ2) is 7.67. The van der Waals surface area contributed by atoms with Gasteiger partial charge in [-0.15, -0.1) is 11.8 Å². The highest BCUT2D eigenvalue weighted by molar-refractivity contribution is 7.99. The first-order chi connectivity index (χ1) is 9.70. The molecule has 1 aliphatic heterocycles. The molecule has 1 unspecified atom stereocenters. The Hall–Kier alpha value is -1.03. The van der Waals surface area contributed by atoms with Gasteiger partial charge in [0.2, 0.25) is 5.91 Å². The van der Waals surface area contributed by atoms with Crippen LogP contribution in [0.5, 0.6) is 0 Å². The summed E-state index contributed by atoms with van der Waals surface area (Å²) in [6.45, 7) is 3.07. The average Bonchev–Trinajstić information content (AvgIpc) is 2.49. The lowest BCUT2D eigenvalue weighted by molar-refractivity contribution is -0.132. The lowest BCUT2D eigenvalue weighted by Crippen LogP contribution is -2.44. The van der Waals surface area contributed by atoms with E-state index in [-0.39, 0.29) is 11.7 Å². The van der Waals surface area contributed by atoms with Gasteiger partial charge in [-0.3, -0.25) is 4.79 Å². The summed E-state index contributed by atoms with van der Waals surface area (Å²) >= 11 is 1.61. The van der Waals surface area contributed by atoms with E-state index in [1.165, 1.54) is 18.6 Å². The molecule has 0 spiro atoms. The maximum absolute atomic E-state index is 12.8. The van der Waals surface area contributed by atoms with E-state index in [0.29, 0.717) is 11.8 Å². The summed E-state index contributed by atoms with van der Waals surface area (Å²) in [4.78, 5) is 14.3. The molecule has 1 fully saturated rings. The molecule has 4 heteroatoms. The van der Waals surface area contributed by atoms with Crippen molar-refractivity contribution >= 4 is 17.7 Å². The standard InChI is InChI=1S/C16H22FNOS/c1-2-15-5-3-4-10-18(15)16(19)12-20-11-13-6-8-14(17)9-7-13/h6-9,15H,2-5,10-12H2,1H3. The predicted molar refractivity (Wildman–Crippen MR) is 82.2 cm³/mol. The van der Waals surface area contributed by atoms with E-state index >= 15 is 0 Å². The Labute approximate surface area is 124 Å². The van der Waals surface area contributed by atoms with Crippen LogP contribution in [0.1, 0.15) is 38.2 Å². The van der Waals surface area contributed by atoms with E-state index in [9.17, 15) is 9.18 Å². The molecule has 1 atom stereocenters. The van der Waals surface area contributed by atoms with E-state index < -0.39 is 0 Å². The van der Waals surface area contributed by atoms with Crippen molar-refractivity contribution in [2.75, 3.05) is 12.3 Å². The highest BCUT2D eigenvalue weighted by Crippen LogP contribution is 2.21. The summed E-state index contributed by atoms with van der Waals surface area (Å²) in [6.07, 6.45) is 4.56. The van der Waals surface area contributed by atoms with E-state index in [4.69, 9.17) is 0 Å². The number of hydrogen-bond acceptors (Lipinski definition) is 2. The Balaban J connectivity index is 1.78. The molecular weight excluding hydrogens is 273 g/mol. The van der Waals surface area contributed by atoms with Crippen molar-refractivity contribution in [3.63, 3.8) is 0 Å². The lowest BCUT2D eigenvalue weighted by atomic mass is 10.0. The number of amides is 1. The number of carbonyl (C=O) groups is 1. The first kappa shape index (κ1) is 15.4. The van der Waals surface area contributed by atoms with Crippen LogP contribution in [0.15, 0.2) is 24.3 Å². The zero-order valence-corrected chi connectivity index (χ0v) is 12.8. The van der Waals surface area contributed by atoms with Crippen molar-refractivity contribution in [1.29, 1.82) is 0 Å². The molecule has 2 nitrogen and oxygen atoms in total. The average molecular weight is 295 g/mol. The van der Waals surface area contributed by atoms with Gasteiger partial charge in [-0.25, -0.2) is 4.39 Å². The summed E-state index contributed by atoms with van der Waals surface area (Å²) in [5, 5.41) is 0. The topological polar surface area (TPSA) is 20.3 Å². The number of nitrogens with zero attached hydrogens (tertiary/aromatic N) is 1. The third kappa shape index (κ3) is 4.23. The first-order valence-corrected chi connectivity index (χ1v) is 8.48. The molecule has 0 radical (unpaired) electrons. The van der Waals surface area contributed by atoms with Crippen LogP contribution in [0, 0.1) is 5.82 Å². The summed E-state index contributed by atoms with van der Waals surface area (Å²) in [7, 11) is 0. The SMILES string of the molecule is CCC1CCCCN1C(=O)CSCc1ccc(F)cc1. The van der Waals surface area contributed by atoms with Gasteiger partial charge in [0.25, 0.3) is 0 Å². The fourth-order valence-corrected chi connectivity index (χ4v) is 3.54. The van der Waals surface area contributed by atoms with Gasteiger partial charge in [0.15, 0.2) is 0 Å². The molecule has 2 rings (SSSR count). The fraction of sp³-hybridized carbons (Fsp3) is 0.562. The minimum absolute atomic E-state index is 0.214. The van der Waals surface area contributed by atoms with E-state index in [1.54, 1.807) is 23.9 Å². The highest BCUT2D eigenvalue weighted by Gasteiger charge is 2.24. The Morgan fingerprint density at radius 2 is 2.10 bits per heavy atom. The number of halogens is 1. The van der Waals surface area contributed by atoms with Gasteiger partial charge in [0, 0.05) is 18.3 Å². The number of likely N-dealkylation sites (tertiary alicyclic amines) is 1. The minimum Gasteiger partial charge on any atom is -0.339 e. The maximum atomic E-state index is 12.8. The van der Waals surface area contributed by atoms with E-state index in [1.807, 2.05) is 0 Å². The fourth-order valence-electron chi connectivity index (χ4n) is 2.67. The van der Waals surface area contributed by atoms with E-state index in [2.05, 4.69) is 11.8 Å². The Bertz CT molecular complexity index is 435. The van der Waals surface area contributed by atoms with Crippen molar-refractivity contribution in [2.45, 2.75) is 44.4 Å². The van der Waals surface area contributed by atoms with Gasteiger partial charge in [0.05, 0.1) is 5.75 Å². The third-order valence-corrected chi connectivity index (χ3v) is 4.81. The van der Waals surface area contributed by atoms with Gasteiger partial charge >= 0.3 is 0 Å². The van der Waals surface area contributed by atoms with Gasteiger partial charge < -0.3 is 4.90 Å². The molecule has 0 aliphatic carbocycles. The molecule has 0 saturated carbocycles. The number of piperidine rings is 1. The summed E-state index contributed by atoms with van der Waals surface area (Å²) in [6, 6.07) is 6.93. The summed E-state index contributed by atoms with van der Waals surface area (Å²) < 4.78 is 12.8. The van der Waals surface area contributed by atoms with Crippen molar-refractivity contribution in [1.82, 2.24) is 4.90 Å². The zero-order chi connectivity index (χ0) is 14.4. The molecule has 1 aromatic carbocycles. The summed E-state index contributed by atoms with van der Waals surface area (Å²) in [5.74, 6) is 1.32. The maximum Gasteiger partial charge on any atom is 0.232 e. The van der Waals surface area contributed by atoms with Crippen molar-refractivity contribution in [3.05, 3.63) is 35.6 Å². The van der Waals surface area contributed by atoms with Crippen LogP contribution in [0.2, 0.25) is 0 Å². The number of benzene rings is 1. The van der Waals surface area contributed by atoms with Crippen LogP contribution < -0.4 is 0 Å². The second-order valence-corrected chi connectivity index (χ2v) is 6.25. The molecule has 0 bridgehead atoms. The highest BCUT2D eigenvalue weighted by atomic mass is 32.2. The van der Waals surface area contributed by atoms with Gasteiger partial charge in [-0.05, 0) is 43.4 Å². The molecule has 20 heavy (non-hydrogen) atoms. The molecule has 1 aromatic rings. The molecule has 0 N–H and O–H groups in total. The number of rotatable bonds is 5. The minimum atomic E-state index is -0.214. The first-order valence-electron chi connectivity index (χ1n) is 7.32. The van der Waals surface area contributed by atoms with Gasteiger partial charge in [-0.1, -0.05) is 19.1 Å². The number of thioether (sulfide) groups is 1. The lowest BCUT2D eigenvalue weighted by Gasteiger charge is -2.35. The summed E-state index contributed by atoms with van der Waals surface area (Å²) in [5.41, 5.74) is 1.06. The van der Waals surface area contributed by atoms with Crippen molar-refractivity contribution in [3.8, 4) is 0 Å². The molecule has 0 aromatic heterocycles. The Morgan fingerprint density at radius 3 is 2.80 bits per heavy atom. The molecule has 110 valence electrons. The van der Waals surface area contributed by atoms with Gasteiger partial charge in [0.1, 0.15) is 5.82 Å². The van der Waals surface area contributed by atoms with Crippen LogP contribution >= 0.6 is 11.8 Å². The van der Waals surface area contributed by atoms with Crippen LogP contribution in [-0.2, 0) is 10.5 Å². The predicted octanol–water partition coefficient (Wildman–Crippen LogP) is 3.85. The number of carbonyl (C=O) groups excluding carboxylic acids is 1. The van der Waals surface area contributed by atoms with Gasteiger partial charge in [-0.2, -0.15) is 0 Å². The number of hydrogen-bond donors (Lipinski definition) is 0. The van der Waals surface area contributed by atoms with Crippen LogP contribution in [-0.4, -0.2) is 29.1 Å². The third-order valence-electron chi connectivity index (χ3n) is 3.83. The normalized spacial score (nSPS) is 19.1. The van der Waals surface area contributed by atoms with E-state index in [0.717, 1.165) is 37.1 Å². The monoisotopic (exact) mass is 295 g/mol. The molecule has 1 heterocycles. The van der Waals surface area contributed by atoms with Crippen LogP contribution in [0.3, 0.4) is 0 Å². The zero-order valence-electron chi connectivity index (χ0n) is 12.0.